The van der Waals surface area contributed by atoms with Gasteiger partial charge in [0, 0.05) is 45.1 Å². The molecule has 2 aromatic rings. The van der Waals surface area contributed by atoms with Crippen LogP contribution in [0.5, 0.6) is 0 Å². The molecule has 0 bridgehead atoms. The Bertz CT molecular complexity index is 554. The maximum atomic E-state index is 12.2. The number of piperazine rings is 1. The Morgan fingerprint density at radius 3 is 2.48 bits per heavy atom. The van der Waals surface area contributed by atoms with Crippen molar-refractivity contribution in [2.24, 2.45) is 0 Å². The fraction of sp³-hybridized carbons (Fsp3) is 0.333. The molecule has 3 heterocycles. The molecule has 1 amide bonds. The van der Waals surface area contributed by atoms with Crippen LogP contribution in [0, 0.1) is 0 Å². The van der Waals surface area contributed by atoms with Crippen molar-refractivity contribution >= 4 is 29.7 Å². The maximum Gasteiger partial charge on any atom is 0.264 e. The number of hydrogen-bond acceptors (Lipinski definition) is 4. The summed E-state index contributed by atoms with van der Waals surface area (Å²) in [4.78, 5) is 21.4. The Kier molecular flexibility index (Phi) is 5.73. The van der Waals surface area contributed by atoms with Crippen LogP contribution in [-0.2, 0) is 6.54 Å². The van der Waals surface area contributed by atoms with E-state index in [0.717, 1.165) is 37.6 Å². The topological polar surface area (TPSA) is 36.4 Å². The fourth-order valence-electron chi connectivity index (χ4n) is 2.41. The Balaban J connectivity index is 0.00000161. The molecule has 0 aromatic carbocycles. The monoisotopic (exact) mass is 323 g/mol. The minimum atomic E-state index is 0. The van der Waals surface area contributed by atoms with Gasteiger partial charge < -0.3 is 4.90 Å². The molecule has 0 unspecified atom stereocenters. The molecule has 0 aliphatic carbocycles. The van der Waals surface area contributed by atoms with Crippen LogP contribution in [0.3, 0.4) is 0 Å². The molecule has 6 heteroatoms. The molecule has 0 N–H and O–H groups in total. The van der Waals surface area contributed by atoms with Gasteiger partial charge in [-0.3, -0.25) is 14.7 Å². The van der Waals surface area contributed by atoms with Gasteiger partial charge in [-0.05, 0) is 29.1 Å². The van der Waals surface area contributed by atoms with E-state index in [4.69, 9.17) is 0 Å². The average Bonchev–Trinajstić information content (AvgIpc) is 3.03. The van der Waals surface area contributed by atoms with Crippen LogP contribution in [-0.4, -0.2) is 46.9 Å². The average molecular weight is 324 g/mol. The van der Waals surface area contributed by atoms with E-state index >= 15 is 0 Å². The zero-order valence-electron chi connectivity index (χ0n) is 11.6. The molecule has 1 aliphatic rings. The highest BCUT2D eigenvalue weighted by atomic mass is 35.5. The van der Waals surface area contributed by atoms with E-state index in [9.17, 15) is 4.79 Å². The number of aromatic nitrogens is 1. The van der Waals surface area contributed by atoms with Crippen molar-refractivity contribution in [3.05, 3.63) is 52.5 Å². The Labute approximate surface area is 134 Å². The largest absolute Gasteiger partial charge is 0.335 e. The molecule has 1 saturated heterocycles. The zero-order chi connectivity index (χ0) is 13.8. The highest BCUT2D eigenvalue weighted by molar-refractivity contribution is 7.12. The Hall–Kier alpha value is -1.43. The lowest BCUT2D eigenvalue weighted by atomic mass is 10.2. The Morgan fingerprint density at radius 1 is 1.14 bits per heavy atom. The van der Waals surface area contributed by atoms with Gasteiger partial charge in [-0.1, -0.05) is 6.07 Å². The first kappa shape index (κ1) is 15.9. The molecule has 21 heavy (non-hydrogen) atoms. The zero-order valence-corrected chi connectivity index (χ0v) is 13.3. The van der Waals surface area contributed by atoms with E-state index in [1.807, 2.05) is 46.9 Å². The van der Waals surface area contributed by atoms with Crippen molar-refractivity contribution in [2.45, 2.75) is 6.54 Å². The molecule has 0 spiro atoms. The number of rotatable bonds is 3. The predicted octanol–water partition coefficient (Wildman–Crippen LogP) is 2.52. The van der Waals surface area contributed by atoms with Crippen LogP contribution in [0.1, 0.15) is 15.2 Å². The van der Waals surface area contributed by atoms with Crippen molar-refractivity contribution in [1.29, 1.82) is 0 Å². The van der Waals surface area contributed by atoms with Crippen LogP contribution in [0.4, 0.5) is 0 Å². The summed E-state index contributed by atoms with van der Waals surface area (Å²) in [5.41, 5.74) is 1.28. The molecule has 0 atom stereocenters. The van der Waals surface area contributed by atoms with Gasteiger partial charge in [-0.2, -0.15) is 0 Å². The van der Waals surface area contributed by atoms with Crippen LogP contribution in [0.25, 0.3) is 0 Å². The third kappa shape index (κ3) is 4.03. The molecule has 2 aromatic heterocycles. The molecule has 0 saturated carbocycles. The SMILES string of the molecule is Cl.O=C(c1cccs1)N1CCN(Cc2ccncc2)CC1. The van der Waals surface area contributed by atoms with Crippen molar-refractivity contribution in [3.63, 3.8) is 0 Å². The number of amides is 1. The minimum Gasteiger partial charge on any atom is -0.335 e. The summed E-state index contributed by atoms with van der Waals surface area (Å²) in [7, 11) is 0. The molecule has 112 valence electrons. The van der Waals surface area contributed by atoms with E-state index < -0.39 is 0 Å². The van der Waals surface area contributed by atoms with Crippen LogP contribution in [0.2, 0.25) is 0 Å². The summed E-state index contributed by atoms with van der Waals surface area (Å²) >= 11 is 1.52. The summed E-state index contributed by atoms with van der Waals surface area (Å²) < 4.78 is 0. The van der Waals surface area contributed by atoms with Gasteiger partial charge in [-0.15, -0.1) is 23.7 Å². The molecule has 4 nitrogen and oxygen atoms in total. The summed E-state index contributed by atoms with van der Waals surface area (Å²) in [6, 6.07) is 7.92. The number of nitrogens with zero attached hydrogens (tertiary/aromatic N) is 3. The molecule has 0 radical (unpaired) electrons. The summed E-state index contributed by atoms with van der Waals surface area (Å²) in [6.45, 7) is 4.41. The fourth-order valence-corrected chi connectivity index (χ4v) is 3.10. The van der Waals surface area contributed by atoms with Crippen LogP contribution >= 0.6 is 23.7 Å². The molecule has 1 fully saturated rings. The van der Waals surface area contributed by atoms with E-state index in [1.54, 1.807) is 0 Å². The molecule has 1 aliphatic heterocycles. The van der Waals surface area contributed by atoms with E-state index in [-0.39, 0.29) is 18.3 Å². The van der Waals surface area contributed by atoms with Crippen LogP contribution in [0.15, 0.2) is 42.0 Å². The second-order valence-electron chi connectivity index (χ2n) is 4.90. The summed E-state index contributed by atoms with van der Waals surface area (Å²) in [5, 5.41) is 1.95. The van der Waals surface area contributed by atoms with Gasteiger partial charge in [0.05, 0.1) is 4.88 Å². The van der Waals surface area contributed by atoms with E-state index in [0.29, 0.717) is 0 Å². The van der Waals surface area contributed by atoms with Crippen molar-refractivity contribution < 1.29 is 4.79 Å². The lowest BCUT2D eigenvalue weighted by Gasteiger charge is -2.34. The third-order valence-electron chi connectivity index (χ3n) is 3.55. The lowest BCUT2D eigenvalue weighted by molar-refractivity contribution is 0.0633. The second-order valence-corrected chi connectivity index (χ2v) is 5.85. The first-order chi connectivity index (χ1) is 9.83. The number of hydrogen-bond donors (Lipinski definition) is 0. The number of thiophene rings is 1. The molecule has 3 rings (SSSR count). The number of pyridine rings is 1. The number of carbonyl (C=O) groups excluding carboxylic acids is 1. The minimum absolute atomic E-state index is 0. The van der Waals surface area contributed by atoms with Gasteiger partial charge in [-0.25, -0.2) is 0 Å². The quantitative estimate of drug-likeness (QED) is 0.871. The van der Waals surface area contributed by atoms with Crippen molar-refractivity contribution in [1.82, 2.24) is 14.8 Å². The number of halogens is 1. The maximum absolute atomic E-state index is 12.2. The van der Waals surface area contributed by atoms with Gasteiger partial charge in [0.25, 0.3) is 5.91 Å². The normalized spacial score (nSPS) is 15.5. The first-order valence-corrected chi connectivity index (χ1v) is 7.65. The second kappa shape index (κ2) is 7.54. The van der Waals surface area contributed by atoms with Gasteiger partial charge in [0.15, 0.2) is 0 Å². The summed E-state index contributed by atoms with van der Waals surface area (Å²) in [6.07, 6.45) is 3.65. The summed E-state index contributed by atoms with van der Waals surface area (Å²) in [5.74, 6) is 0.170. The van der Waals surface area contributed by atoms with Gasteiger partial charge in [0.2, 0.25) is 0 Å². The molecular weight excluding hydrogens is 306 g/mol. The molecular formula is C15H18ClN3OS. The van der Waals surface area contributed by atoms with Gasteiger partial charge >= 0.3 is 0 Å². The van der Waals surface area contributed by atoms with Crippen molar-refractivity contribution in [2.75, 3.05) is 26.2 Å². The predicted molar refractivity (Wildman–Crippen MR) is 87.0 cm³/mol. The third-order valence-corrected chi connectivity index (χ3v) is 4.40. The smallest absolute Gasteiger partial charge is 0.264 e. The number of carbonyl (C=O) groups is 1. The van der Waals surface area contributed by atoms with E-state index in [2.05, 4.69) is 9.88 Å². The van der Waals surface area contributed by atoms with Gasteiger partial charge in [0.1, 0.15) is 0 Å². The highest BCUT2D eigenvalue weighted by Gasteiger charge is 2.22. The highest BCUT2D eigenvalue weighted by Crippen LogP contribution is 2.14. The Morgan fingerprint density at radius 2 is 1.86 bits per heavy atom. The first-order valence-electron chi connectivity index (χ1n) is 6.77. The standard InChI is InChI=1S/C15H17N3OS.ClH/c19-15(14-2-1-11-20-14)18-9-7-17(8-10-18)12-13-3-5-16-6-4-13;/h1-6,11H,7-10,12H2;1H. The van der Waals surface area contributed by atoms with Crippen molar-refractivity contribution in [3.8, 4) is 0 Å². The van der Waals surface area contributed by atoms with E-state index in [1.165, 1.54) is 16.9 Å². The lowest BCUT2D eigenvalue weighted by Crippen LogP contribution is -2.48. The van der Waals surface area contributed by atoms with Crippen LogP contribution < -0.4 is 0 Å².